The first-order valence-corrected chi connectivity index (χ1v) is 6.35. The van der Waals surface area contributed by atoms with Crippen LogP contribution in [0.1, 0.15) is 26.7 Å². The van der Waals surface area contributed by atoms with Crippen molar-refractivity contribution < 1.29 is 9.47 Å². The van der Waals surface area contributed by atoms with Gasteiger partial charge in [-0.25, -0.2) is 0 Å². The van der Waals surface area contributed by atoms with Crippen LogP contribution in [-0.4, -0.2) is 36.3 Å². The second-order valence-electron chi connectivity index (χ2n) is 3.84. The molecule has 0 aliphatic rings. The lowest BCUT2D eigenvalue weighted by Gasteiger charge is -2.09. The number of hydrogen-bond acceptors (Lipinski definition) is 6. The summed E-state index contributed by atoms with van der Waals surface area (Å²) in [6.45, 7) is 6.75. The number of rotatable bonds is 9. The van der Waals surface area contributed by atoms with E-state index in [-0.39, 0.29) is 5.95 Å². The Balaban J connectivity index is 2.41. The van der Waals surface area contributed by atoms with Crippen molar-refractivity contribution in [1.29, 1.82) is 0 Å². The maximum absolute atomic E-state index is 5.61. The van der Waals surface area contributed by atoms with Crippen molar-refractivity contribution in [2.75, 3.05) is 37.4 Å². The van der Waals surface area contributed by atoms with E-state index in [9.17, 15) is 0 Å². The fraction of sp³-hybridized carbons (Fsp3) is 0.667. The number of anilines is 2. The standard InChI is InChI=1S/C12H22N4O2/c1-3-5-14-10-9-11(16-12(13)15-10)18-8-7-17-6-4-2/h9H,3-8H2,1-2H3,(H3,13,14,15,16). The highest BCUT2D eigenvalue weighted by molar-refractivity contribution is 5.42. The molecule has 3 N–H and O–H groups in total. The third kappa shape index (κ3) is 5.67. The Morgan fingerprint density at radius 2 is 2.00 bits per heavy atom. The molecule has 6 nitrogen and oxygen atoms in total. The van der Waals surface area contributed by atoms with E-state index in [1.807, 2.05) is 0 Å². The van der Waals surface area contributed by atoms with E-state index >= 15 is 0 Å². The van der Waals surface area contributed by atoms with Crippen molar-refractivity contribution in [1.82, 2.24) is 9.97 Å². The van der Waals surface area contributed by atoms with Gasteiger partial charge in [-0.05, 0) is 12.8 Å². The molecule has 6 heteroatoms. The fourth-order valence-electron chi connectivity index (χ4n) is 1.31. The van der Waals surface area contributed by atoms with Crippen LogP contribution >= 0.6 is 0 Å². The van der Waals surface area contributed by atoms with Crippen LogP contribution in [0, 0.1) is 0 Å². The van der Waals surface area contributed by atoms with Crippen LogP contribution in [0.25, 0.3) is 0 Å². The molecule has 0 saturated heterocycles. The summed E-state index contributed by atoms with van der Waals surface area (Å²) in [7, 11) is 0. The second-order valence-corrected chi connectivity index (χ2v) is 3.84. The SMILES string of the molecule is CCCNc1cc(OCCOCCC)nc(N)n1. The Labute approximate surface area is 108 Å². The topological polar surface area (TPSA) is 82.3 Å². The van der Waals surface area contributed by atoms with Crippen molar-refractivity contribution in [2.45, 2.75) is 26.7 Å². The molecule has 0 fully saturated rings. The van der Waals surface area contributed by atoms with Gasteiger partial charge < -0.3 is 20.5 Å². The molecule has 18 heavy (non-hydrogen) atoms. The minimum atomic E-state index is 0.209. The number of nitrogens with two attached hydrogens (primary N) is 1. The van der Waals surface area contributed by atoms with Crippen LogP contribution in [0.3, 0.4) is 0 Å². The van der Waals surface area contributed by atoms with Crippen LogP contribution < -0.4 is 15.8 Å². The first-order chi connectivity index (χ1) is 8.76. The molecule has 0 aliphatic heterocycles. The third-order valence-corrected chi connectivity index (χ3v) is 2.10. The summed E-state index contributed by atoms with van der Waals surface area (Å²) in [4.78, 5) is 8.08. The Hall–Kier alpha value is -1.56. The number of hydrogen-bond donors (Lipinski definition) is 2. The summed E-state index contributed by atoms with van der Waals surface area (Å²) in [5.41, 5.74) is 5.61. The van der Waals surface area contributed by atoms with Gasteiger partial charge in [0.05, 0.1) is 6.61 Å². The first-order valence-electron chi connectivity index (χ1n) is 6.35. The molecule has 0 atom stereocenters. The highest BCUT2D eigenvalue weighted by Crippen LogP contribution is 2.14. The van der Waals surface area contributed by atoms with Crippen molar-refractivity contribution >= 4 is 11.8 Å². The highest BCUT2D eigenvalue weighted by Gasteiger charge is 2.02. The number of aromatic nitrogens is 2. The summed E-state index contributed by atoms with van der Waals surface area (Å²) in [5, 5.41) is 3.14. The molecule has 0 amide bonds. The Morgan fingerprint density at radius 3 is 2.72 bits per heavy atom. The van der Waals surface area contributed by atoms with E-state index in [0.717, 1.165) is 26.0 Å². The zero-order valence-corrected chi connectivity index (χ0v) is 11.1. The van der Waals surface area contributed by atoms with Crippen LogP contribution in [-0.2, 0) is 4.74 Å². The largest absolute Gasteiger partial charge is 0.475 e. The van der Waals surface area contributed by atoms with Gasteiger partial charge in [-0.15, -0.1) is 0 Å². The maximum Gasteiger partial charge on any atom is 0.225 e. The smallest absolute Gasteiger partial charge is 0.225 e. The average molecular weight is 254 g/mol. The Bertz CT molecular complexity index is 347. The van der Waals surface area contributed by atoms with Gasteiger partial charge >= 0.3 is 0 Å². The molecule has 0 radical (unpaired) electrons. The molecular weight excluding hydrogens is 232 g/mol. The lowest BCUT2D eigenvalue weighted by molar-refractivity contribution is 0.0990. The summed E-state index contributed by atoms with van der Waals surface area (Å²) in [6.07, 6.45) is 2.02. The van der Waals surface area contributed by atoms with E-state index in [4.69, 9.17) is 15.2 Å². The van der Waals surface area contributed by atoms with Crippen molar-refractivity contribution in [3.8, 4) is 5.88 Å². The van der Waals surface area contributed by atoms with Crippen LogP contribution in [0.5, 0.6) is 5.88 Å². The second kappa shape index (κ2) is 8.52. The van der Waals surface area contributed by atoms with E-state index in [0.29, 0.717) is 24.9 Å². The minimum Gasteiger partial charge on any atom is -0.475 e. The summed E-state index contributed by atoms with van der Waals surface area (Å²) < 4.78 is 10.8. The third-order valence-electron chi connectivity index (χ3n) is 2.10. The lowest BCUT2D eigenvalue weighted by Crippen LogP contribution is -2.10. The van der Waals surface area contributed by atoms with Gasteiger partial charge in [0.25, 0.3) is 0 Å². The highest BCUT2D eigenvalue weighted by atomic mass is 16.5. The molecule has 0 spiro atoms. The van der Waals surface area contributed by atoms with Crippen molar-refractivity contribution in [2.24, 2.45) is 0 Å². The number of nitrogens with zero attached hydrogens (tertiary/aromatic N) is 2. The average Bonchev–Trinajstić information content (AvgIpc) is 2.35. The van der Waals surface area contributed by atoms with Gasteiger partial charge in [0, 0.05) is 19.2 Å². The number of nitrogens with one attached hydrogen (secondary N) is 1. The normalized spacial score (nSPS) is 10.3. The summed E-state index contributed by atoms with van der Waals surface area (Å²) in [6, 6.07) is 1.74. The molecule has 1 aromatic rings. The monoisotopic (exact) mass is 254 g/mol. The van der Waals surface area contributed by atoms with Gasteiger partial charge in [-0.1, -0.05) is 13.8 Å². The number of nitrogen functional groups attached to an aromatic ring is 1. The molecule has 1 rings (SSSR count). The molecule has 1 heterocycles. The fourth-order valence-corrected chi connectivity index (χ4v) is 1.31. The minimum absolute atomic E-state index is 0.209. The molecule has 0 bridgehead atoms. The Morgan fingerprint density at radius 1 is 1.17 bits per heavy atom. The summed E-state index contributed by atoms with van der Waals surface area (Å²) >= 11 is 0. The molecule has 0 aliphatic carbocycles. The molecule has 0 saturated carbocycles. The van der Waals surface area contributed by atoms with Gasteiger partial charge in [0.15, 0.2) is 0 Å². The van der Waals surface area contributed by atoms with Gasteiger partial charge in [-0.3, -0.25) is 0 Å². The summed E-state index contributed by atoms with van der Waals surface area (Å²) in [5.74, 6) is 1.37. The van der Waals surface area contributed by atoms with E-state index in [1.165, 1.54) is 0 Å². The van der Waals surface area contributed by atoms with E-state index in [2.05, 4.69) is 29.1 Å². The Kier molecular flexibility index (Phi) is 6.86. The number of ether oxygens (including phenoxy) is 2. The molecular formula is C12H22N4O2. The molecule has 102 valence electrons. The predicted octanol–water partition coefficient (Wildman–Crippen LogP) is 1.69. The van der Waals surface area contributed by atoms with Gasteiger partial charge in [0.1, 0.15) is 12.4 Å². The van der Waals surface area contributed by atoms with E-state index in [1.54, 1.807) is 6.07 Å². The van der Waals surface area contributed by atoms with Gasteiger partial charge in [-0.2, -0.15) is 9.97 Å². The van der Waals surface area contributed by atoms with E-state index < -0.39 is 0 Å². The molecule has 0 unspecified atom stereocenters. The zero-order chi connectivity index (χ0) is 13.2. The lowest BCUT2D eigenvalue weighted by atomic mass is 10.4. The quantitative estimate of drug-likeness (QED) is 0.652. The van der Waals surface area contributed by atoms with Crippen molar-refractivity contribution in [3.05, 3.63) is 6.07 Å². The first kappa shape index (κ1) is 14.5. The van der Waals surface area contributed by atoms with Gasteiger partial charge in [0.2, 0.25) is 11.8 Å². The van der Waals surface area contributed by atoms with Crippen LogP contribution in [0.4, 0.5) is 11.8 Å². The van der Waals surface area contributed by atoms with Crippen LogP contribution in [0.2, 0.25) is 0 Å². The van der Waals surface area contributed by atoms with Crippen molar-refractivity contribution in [3.63, 3.8) is 0 Å². The molecule has 1 aromatic heterocycles. The van der Waals surface area contributed by atoms with Crippen LogP contribution in [0.15, 0.2) is 6.07 Å². The zero-order valence-electron chi connectivity index (χ0n) is 11.1. The predicted molar refractivity (Wildman–Crippen MR) is 71.8 cm³/mol. The molecule has 0 aromatic carbocycles. The maximum atomic E-state index is 5.61.